The van der Waals surface area contributed by atoms with Crippen LogP contribution in [0.2, 0.25) is 0 Å². The van der Waals surface area contributed by atoms with Gasteiger partial charge < -0.3 is 5.11 Å². The zero-order valence-electron chi connectivity index (χ0n) is 15.1. The van der Waals surface area contributed by atoms with E-state index in [1.807, 2.05) is 0 Å². The topological polar surface area (TPSA) is 98.7 Å². The van der Waals surface area contributed by atoms with E-state index in [-0.39, 0.29) is 30.6 Å². The van der Waals surface area contributed by atoms with Gasteiger partial charge in [-0.05, 0) is 25.0 Å². The van der Waals surface area contributed by atoms with Gasteiger partial charge in [-0.2, -0.15) is 0 Å². The Hall–Kier alpha value is -2.25. The molecule has 7 nitrogen and oxygen atoms in total. The Bertz CT molecular complexity index is 620. The molecule has 2 atom stereocenters. The summed E-state index contributed by atoms with van der Waals surface area (Å²) in [6, 6.07) is 7.92. The lowest BCUT2D eigenvalue weighted by molar-refractivity contribution is -0.123. The summed E-state index contributed by atoms with van der Waals surface area (Å²) in [7, 11) is 0. The minimum absolute atomic E-state index is 0.00630. The Morgan fingerprint density at radius 2 is 1.96 bits per heavy atom. The van der Waals surface area contributed by atoms with Crippen LogP contribution in [0.15, 0.2) is 30.3 Å². The molecule has 0 bridgehead atoms. The minimum Gasteiger partial charge on any atom is -0.393 e. The molecule has 3 amide bonds. The van der Waals surface area contributed by atoms with Gasteiger partial charge in [-0.1, -0.05) is 44.4 Å². The molecule has 0 aliphatic carbocycles. The summed E-state index contributed by atoms with van der Waals surface area (Å²) in [5.41, 5.74) is 5.64. The Kier molecular flexibility index (Phi) is 7.74. The van der Waals surface area contributed by atoms with Crippen LogP contribution in [0, 0.1) is 0 Å². The predicted octanol–water partition coefficient (Wildman–Crippen LogP) is 1.66. The van der Waals surface area contributed by atoms with Crippen molar-refractivity contribution >= 4 is 23.4 Å². The van der Waals surface area contributed by atoms with Gasteiger partial charge in [0.25, 0.3) is 5.91 Å². The summed E-state index contributed by atoms with van der Waals surface area (Å²) in [6.45, 7) is 2.10. The van der Waals surface area contributed by atoms with E-state index >= 15 is 0 Å². The summed E-state index contributed by atoms with van der Waals surface area (Å²) in [5, 5.41) is 9.84. The van der Waals surface area contributed by atoms with Gasteiger partial charge in [0.15, 0.2) is 0 Å². The number of anilines is 1. The number of hydrogen-bond acceptors (Lipinski definition) is 5. The third-order valence-electron chi connectivity index (χ3n) is 4.39. The standard InChI is InChI=1S/C19H27N3O4/c1-2-3-5-10-15(23)11-12-17(24)21-20-16-13-18(25)22(19(16)26)14-8-6-4-7-9-14/h4,6-9,15-16,20,23H,2-3,5,10-13H2,1H3,(H,21,24)/t15-,16-/m0/s1. The largest absolute Gasteiger partial charge is 0.393 e. The van der Waals surface area contributed by atoms with E-state index in [9.17, 15) is 19.5 Å². The molecular weight excluding hydrogens is 334 g/mol. The molecule has 1 aromatic carbocycles. The van der Waals surface area contributed by atoms with Crippen LogP contribution in [-0.2, 0) is 14.4 Å². The molecule has 1 aliphatic heterocycles. The monoisotopic (exact) mass is 361 g/mol. The van der Waals surface area contributed by atoms with E-state index < -0.39 is 12.1 Å². The number of aliphatic hydroxyl groups is 1. The molecule has 3 N–H and O–H groups in total. The van der Waals surface area contributed by atoms with E-state index in [0.29, 0.717) is 18.5 Å². The van der Waals surface area contributed by atoms with Gasteiger partial charge >= 0.3 is 0 Å². The number of benzene rings is 1. The molecule has 2 rings (SSSR count). The summed E-state index contributed by atoms with van der Waals surface area (Å²) in [4.78, 5) is 37.5. The van der Waals surface area contributed by atoms with E-state index in [4.69, 9.17) is 0 Å². The number of imide groups is 1. The van der Waals surface area contributed by atoms with E-state index in [1.165, 1.54) is 0 Å². The number of nitrogens with zero attached hydrogens (tertiary/aromatic N) is 1. The smallest absolute Gasteiger partial charge is 0.253 e. The van der Waals surface area contributed by atoms with Crippen LogP contribution in [0.25, 0.3) is 0 Å². The maximum Gasteiger partial charge on any atom is 0.253 e. The molecule has 26 heavy (non-hydrogen) atoms. The van der Waals surface area contributed by atoms with Gasteiger partial charge in [-0.15, -0.1) is 0 Å². The first kappa shape index (κ1) is 20.1. The highest BCUT2D eigenvalue weighted by molar-refractivity contribution is 6.22. The highest BCUT2D eigenvalue weighted by Crippen LogP contribution is 2.22. The van der Waals surface area contributed by atoms with Gasteiger partial charge in [0.1, 0.15) is 6.04 Å². The first-order chi connectivity index (χ1) is 12.5. The lowest BCUT2D eigenvalue weighted by Crippen LogP contribution is -2.48. The lowest BCUT2D eigenvalue weighted by atomic mass is 10.1. The molecule has 0 saturated carbocycles. The summed E-state index contributed by atoms with van der Waals surface area (Å²) >= 11 is 0. The molecule has 1 aromatic rings. The number of carbonyl (C=O) groups is 3. The van der Waals surface area contributed by atoms with E-state index in [2.05, 4.69) is 17.8 Å². The fraction of sp³-hybridized carbons (Fsp3) is 0.526. The van der Waals surface area contributed by atoms with E-state index in [1.54, 1.807) is 30.3 Å². The number of aliphatic hydroxyl groups excluding tert-OH is 1. The summed E-state index contributed by atoms with van der Waals surface area (Å²) in [6.07, 6.45) is 3.85. The fourth-order valence-corrected chi connectivity index (χ4v) is 2.90. The third kappa shape index (κ3) is 5.64. The molecular formula is C19H27N3O4. The van der Waals surface area contributed by atoms with Gasteiger partial charge in [-0.3, -0.25) is 19.8 Å². The zero-order valence-corrected chi connectivity index (χ0v) is 15.1. The summed E-state index contributed by atoms with van der Waals surface area (Å²) in [5.74, 6) is -1.00. The van der Waals surface area contributed by atoms with Crippen molar-refractivity contribution in [2.75, 3.05) is 4.90 Å². The van der Waals surface area contributed by atoms with Crippen molar-refractivity contribution in [3.05, 3.63) is 30.3 Å². The van der Waals surface area contributed by atoms with Gasteiger partial charge in [0, 0.05) is 6.42 Å². The first-order valence-electron chi connectivity index (χ1n) is 9.17. The van der Waals surface area contributed by atoms with Gasteiger partial charge in [-0.25, -0.2) is 10.3 Å². The lowest BCUT2D eigenvalue weighted by Gasteiger charge is -2.16. The third-order valence-corrected chi connectivity index (χ3v) is 4.39. The quantitative estimate of drug-likeness (QED) is 0.334. The Labute approximate surface area is 153 Å². The predicted molar refractivity (Wildman–Crippen MR) is 98.0 cm³/mol. The molecule has 1 aliphatic rings. The van der Waals surface area contributed by atoms with Crippen molar-refractivity contribution in [3.8, 4) is 0 Å². The number of rotatable bonds is 10. The second kappa shape index (κ2) is 10.0. The van der Waals surface area contributed by atoms with Crippen LogP contribution < -0.4 is 15.8 Å². The molecule has 1 fully saturated rings. The molecule has 0 unspecified atom stereocenters. The number of unbranched alkanes of at least 4 members (excludes halogenated alkanes) is 2. The molecule has 1 saturated heterocycles. The number of hydrazine groups is 1. The number of carbonyl (C=O) groups excluding carboxylic acids is 3. The summed E-state index contributed by atoms with van der Waals surface area (Å²) < 4.78 is 0. The van der Waals surface area contributed by atoms with Crippen LogP contribution in [0.1, 0.15) is 51.9 Å². The highest BCUT2D eigenvalue weighted by Gasteiger charge is 2.39. The average Bonchev–Trinajstić information content (AvgIpc) is 2.92. The van der Waals surface area contributed by atoms with Crippen molar-refractivity contribution in [1.29, 1.82) is 0 Å². The van der Waals surface area contributed by atoms with Crippen LogP contribution in [0.3, 0.4) is 0 Å². The molecule has 0 spiro atoms. The van der Waals surface area contributed by atoms with Crippen molar-refractivity contribution in [2.24, 2.45) is 0 Å². The molecule has 7 heteroatoms. The van der Waals surface area contributed by atoms with Crippen molar-refractivity contribution in [2.45, 2.75) is 64.0 Å². The zero-order chi connectivity index (χ0) is 18.9. The second-order valence-corrected chi connectivity index (χ2v) is 6.54. The van der Waals surface area contributed by atoms with Crippen LogP contribution in [0.4, 0.5) is 5.69 Å². The molecule has 0 aromatic heterocycles. The highest BCUT2D eigenvalue weighted by atomic mass is 16.3. The van der Waals surface area contributed by atoms with Crippen LogP contribution in [-0.4, -0.2) is 35.0 Å². The van der Waals surface area contributed by atoms with Crippen LogP contribution >= 0.6 is 0 Å². The molecule has 0 radical (unpaired) electrons. The van der Waals surface area contributed by atoms with E-state index in [0.717, 1.165) is 24.2 Å². The van der Waals surface area contributed by atoms with Gasteiger partial charge in [0.05, 0.1) is 18.2 Å². The number of para-hydroxylation sites is 1. The second-order valence-electron chi connectivity index (χ2n) is 6.54. The van der Waals surface area contributed by atoms with Crippen LogP contribution in [0.5, 0.6) is 0 Å². The first-order valence-corrected chi connectivity index (χ1v) is 9.17. The normalized spacial score (nSPS) is 18.2. The Morgan fingerprint density at radius 1 is 1.23 bits per heavy atom. The number of nitrogens with one attached hydrogen (secondary N) is 2. The maximum absolute atomic E-state index is 12.4. The van der Waals surface area contributed by atoms with Crippen molar-refractivity contribution in [3.63, 3.8) is 0 Å². The van der Waals surface area contributed by atoms with Crippen molar-refractivity contribution < 1.29 is 19.5 Å². The Morgan fingerprint density at radius 3 is 2.65 bits per heavy atom. The fourth-order valence-electron chi connectivity index (χ4n) is 2.90. The van der Waals surface area contributed by atoms with Gasteiger partial charge in [0.2, 0.25) is 11.8 Å². The average molecular weight is 361 g/mol. The molecule has 1 heterocycles. The Balaban J connectivity index is 1.75. The molecule has 142 valence electrons. The van der Waals surface area contributed by atoms with Crippen molar-refractivity contribution in [1.82, 2.24) is 10.9 Å². The SMILES string of the molecule is CCCCC[C@H](O)CCC(=O)NN[C@H]1CC(=O)N(c2ccccc2)C1=O. The maximum atomic E-state index is 12.4. The minimum atomic E-state index is -0.777. The number of amides is 3. The number of hydrogen-bond donors (Lipinski definition) is 3.